The third kappa shape index (κ3) is 3.51. The number of phenolic OH excluding ortho intramolecular Hbond substituents is 1. The van der Waals surface area contributed by atoms with E-state index in [-0.39, 0.29) is 23.1 Å². The number of halogens is 1. The van der Waals surface area contributed by atoms with E-state index >= 15 is 0 Å². The maximum Gasteiger partial charge on any atom is 0.273 e. The van der Waals surface area contributed by atoms with Crippen molar-refractivity contribution >= 4 is 23.4 Å². The summed E-state index contributed by atoms with van der Waals surface area (Å²) in [4.78, 5) is 23.7. The molecule has 0 spiro atoms. The molecule has 0 radical (unpaired) electrons. The molecule has 20 heavy (non-hydrogen) atoms. The highest BCUT2D eigenvalue weighted by Gasteiger charge is 2.18. The van der Waals surface area contributed by atoms with Crippen LogP contribution in [0.5, 0.6) is 5.75 Å². The monoisotopic (exact) mass is 294 g/mol. The zero-order valence-corrected chi connectivity index (χ0v) is 11.5. The molecule has 106 valence electrons. The number of carbonyl (C=O) groups is 2. The van der Waals surface area contributed by atoms with Gasteiger partial charge in [0.2, 0.25) is 5.91 Å². The number of hydrazine groups is 1. The second-order valence-corrected chi connectivity index (χ2v) is 5.01. The Kier molecular flexibility index (Phi) is 4.63. The molecule has 1 aliphatic carbocycles. The van der Waals surface area contributed by atoms with E-state index in [0.29, 0.717) is 5.02 Å². The van der Waals surface area contributed by atoms with Crippen molar-refractivity contribution in [1.29, 1.82) is 0 Å². The molecule has 2 rings (SSSR count). The Hall–Kier alpha value is -2.01. The number of benzene rings is 1. The van der Waals surface area contributed by atoms with Crippen LogP contribution in [0.2, 0.25) is 5.02 Å². The van der Waals surface area contributed by atoms with E-state index < -0.39 is 5.91 Å². The number of carbonyl (C=O) groups excluding carboxylic acids is 2. The van der Waals surface area contributed by atoms with E-state index in [9.17, 15) is 14.7 Å². The van der Waals surface area contributed by atoms with E-state index in [1.54, 1.807) is 0 Å². The second-order valence-electron chi connectivity index (χ2n) is 4.57. The van der Waals surface area contributed by atoms with Gasteiger partial charge in [0.1, 0.15) is 5.75 Å². The van der Waals surface area contributed by atoms with Crippen molar-refractivity contribution < 1.29 is 14.7 Å². The highest BCUT2D eigenvalue weighted by Crippen LogP contribution is 2.21. The number of allylic oxidation sites excluding steroid dienone is 1. The normalized spacial score (nSPS) is 17.6. The molecule has 0 bridgehead atoms. The van der Waals surface area contributed by atoms with Crippen LogP contribution in [-0.2, 0) is 4.79 Å². The van der Waals surface area contributed by atoms with Crippen LogP contribution in [0.3, 0.4) is 0 Å². The van der Waals surface area contributed by atoms with E-state index in [1.807, 2.05) is 12.2 Å². The fourth-order valence-corrected chi connectivity index (χ4v) is 2.17. The smallest absolute Gasteiger partial charge is 0.273 e. The van der Waals surface area contributed by atoms with Crippen LogP contribution in [0.15, 0.2) is 30.4 Å². The van der Waals surface area contributed by atoms with E-state index in [0.717, 1.165) is 19.3 Å². The van der Waals surface area contributed by atoms with Gasteiger partial charge in [-0.1, -0.05) is 23.8 Å². The Morgan fingerprint density at radius 1 is 1.30 bits per heavy atom. The quantitative estimate of drug-likeness (QED) is 0.578. The number of amides is 2. The predicted molar refractivity (Wildman–Crippen MR) is 75.2 cm³/mol. The van der Waals surface area contributed by atoms with Crippen molar-refractivity contribution in [3.63, 3.8) is 0 Å². The molecule has 6 heteroatoms. The Labute approximate surface area is 121 Å². The molecule has 5 nitrogen and oxygen atoms in total. The van der Waals surface area contributed by atoms with Gasteiger partial charge in [-0.3, -0.25) is 20.4 Å². The molecule has 0 heterocycles. The largest absolute Gasteiger partial charge is 0.507 e. The fourth-order valence-electron chi connectivity index (χ4n) is 2.00. The minimum absolute atomic E-state index is 0.0111. The van der Waals surface area contributed by atoms with Crippen LogP contribution in [-0.4, -0.2) is 16.9 Å². The summed E-state index contributed by atoms with van der Waals surface area (Å²) in [6, 6.07) is 4.13. The van der Waals surface area contributed by atoms with Crippen molar-refractivity contribution in [3.05, 3.63) is 40.9 Å². The first-order valence-corrected chi connectivity index (χ1v) is 6.71. The number of rotatable bonds is 2. The predicted octanol–water partition coefficient (Wildman–Crippen LogP) is 2.16. The number of nitrogens with one attached hydrogen (secondary N) is 2. The number of hydrogen-bond donors (Lipinski definition) is 3. The Balaban J connectivity index is 1.95. The van der Waals surface area contributed by atoms with Gasteiger partial charge in [0.15, 0.2) is 0 Å². The van der Waals surface area contributed by atoms with Crippen molar-refractivity contribution in [2.75, 3.05) is 0 Å². The number of phenols is 1. The van der Waals surface area contributed by atoms with Gasteiger partial charge in [0, 0.05) is 5.02 Å². The first-order valence-electron chi connectivity index (χ1n) is 6.33. The lowest BCUT2D eigenvalue weighted by Crippen LogP contribution is -2.44. The van der Waals surface area contributed by atoms with E-state index in [2.05, 4.69) is 10.9 Å². The van der Waals surface area contributed by atoms with E-state index in [1.165, 1.54) is 18.2 Å². The highest BCUT2D eigenvalue weighted by atomic mass is 35.5. The van der Waals surface area contributed by atoms with E-state index in [4.69, 9.17) is 11.6 Å². The molecule has 0 saturated heterocycles. The van der Waals surface area contributed by atoms with Crippen LogP contribution in [0.1, 0.15) is 29.6 Å². The molecule has 0 fully saturated rings. The van der Waals surface area contributed by atoms with Crippen LogP contribution >= 0.6 is 11.6 Å². The molecule has 1 atom stereocenters. The van der Waals surface area contributed by atoms with Crippen LogP contribution in [0.4, 0.5) is 0 Å². The topological polar surface area (TPSA) is 78.4 Å². The van der Waals surface area contributed by atoms with Crippen molar-refractivity contribution in [2.24, 2.45) is 5.92 Å². The molecule has 1 aromatic rings. The third-order valence-corrected chi connectivity index (χ3v) is 3.33. The van der Waals surface area contributed by atoms with Gasteiger partial charge in [-0.2, -0.15) is 0 Å². The van der Waals surface area contributed by atoms with Gasteiger partial charge < -0.3 is 5.11 Å². The van der Waals surface area contributed by atoms with Crippen molar-refractivity contribution in [2.45, 2.75) is 19.3 Å². The van der Waals surface area contributed by atoms with Crippen molar-refractivity contribution in [3.8, 4) is 5.75 Å². The fraction of sp³-hybridized carbons (Fsp3) is 0.286. The number of hydrogen-bond acceptors (Lipinski definition) is 3. The van der Waals surface area contributed by atoms with Crippen LogP contribution < -0.4 is 10.9 Å². The second kappa shape index (κ2) is 6.43. The molecular weight excluding hydrogens is 280 g/mol. The summed E-state index contributed by atoms with van der Waals surface area (Å²) in [6.45, 7) is 0. The first-order chi connectivity index (χ1) is 9.58. The van der Waals surface area contributed by atoms with Crippen LogP contribution in [0, 0.1) is 5.92 Å². The summed E-state index contributed by atoms with van der Waals surface area (Å²) >= 11 is 5.76. The minimum Gasteiger partial charge on any atom is -0.507 e. The summed E-state index contributed by atoms with van der Waals surface area (Å²) in [5.41, 5.74) is 4.64. The van der Waals surface area contributed by atoms with Gasteiger partial charge in [0.25, 0.3) is 5.91 Å². The lowest BCUT2D eigenvalue weighted by atomic mass is 9.95. The lowest BCUT2D eigenvalue weighted by molar-refractivity contribution is -0.124. The van der Waals surface area contributed by atoms with Gasteiger partial charge in [-0.15, -0.1) is 0 Å². The van der Waals surface area contributed by atoms with Crippen molar-refractivity contribution in [1.82, 2.24) is 10.9 Å². The average Bonchev–Trinajstić information content (AvgIpc) is 2.47. The Bertz CT molecular complexity index is 557. The van der Waals surface area contributed by atoms with Gasteiger partial charge in [-0.25, -0.2) is 0 Å². The molecule has 2 amide bonds. The third-order valence-electron chi connectivity index (χ3n) is 3.09. The summed E-state index contributed by atoms with van der Waals surface area (Å²) in [5.74, 6) is -1.30. The van der Waals surface area contributed by atoms with Gasteiger partial charge in [0.05, 0.1) is 11.5 Å². The molecule has 0 aliphatic heterocycles. The van der Waals surface area contributed by atoms with Gasteiger partial charge >= 0.3 is 0 Å². The lowest BCUT2D eigenvalue weighted by Gasteiger charge is -2.16. The minimum atomic E-state index is -0.613. The first kappa shape index (κ1) is 14.4. The summed E-state index contributed by atoms with van der Waals surface area (Å²) in [7, 11) is 0. The number of aromatic hydroxyl groups is 1. The van der Waals surface area contributed by atoms with Crippen LogP contribution in [0.25, 0.3) is 0 Å². The van der Waals surface area contributed by atoms with Gasteiger partial charge in [-0.05, 0) is 37.5 Å². The Morgan fingerprint density at radius 3 is 2.80 bits per heavy atom. The standard InChI is InChI=1S/C14H15ClN2O3/c15-10-6-7-12(18)11(8-10)14(20)17-16-13(19)9-4-2-1-3-5-9/h2,4,6-9,18H,1,3,5H2,(H,16,19)(H,17,20). The molecule has 3 N–H and O–H groups in total. The summed E-state index contributed by atoms with van der Waals surface area (Å²) in [6.07, 6.45) is 6.49. The zero-order chi connectivity index (χ0) is 14.5. The maximum atomic E-state index is 11.8. The highest BCUT2D eigenvalue weighted by molar-refractivity contribution is 6.31. The molecule has 0 aromatic heterocycles. The maximum absolute atomic E-state index is 11.8. The summed E-state index contributed by atoms with van der Waals surface area (Å²) < 4.78 is 0. The zero-order valence-electron chi connectivity index (χ0n) is 10.7. The SMILES string of the molecule is O=C(NNC(=O)C1C=CCCC1)c1cc(Cl)ccc1O. The molecule has 0 saturated carbocycles. The molecule has 1 aromatic carbocycles. The average molecular weight is 295 g/mol. The Morgan fingerprint density at radius 2 is 2.10 bits per heavy atom. The molecular formula is C14H15ClN2O3. The molecule has 1 aliphatic rings. The summed E-state index contributed by atoms with van der Waals surface area (Å²) in [5, 5.41) is 9.90. The molecule has 1 unspecified atom stereocenters.